The molecule has 9 rings (SSSR count). The SMILES string of the molecule is C=C/C=C(C=C)/C=C/C=C\C(=C)N(c1cccc2oc3cc(-c4ccccc4)ccc3c12)c1ccc(-c2ccccc2)c2oc3cc(-c4ccccc4)ccc3c12. The molecule has 0 atom stereocenters. The topological polar surface area (TPSA) is 29.5 Å². The van der Waals surface area contributed by atoms with E-state index in [0.29, 0.717) is 0 Å². The molecule has 2 aromatic heterocycles. The summed E-state index contributed by atoms with van der Waals surface area (Å²) in [6, 6.07) is 54.8. The average Bonchev–Trinajstić information content (AvgIpc) is 3.84. The van der Waals surface area contributed by atoms with E-state index in [4.69, 9.17) is 15.4 Å². The third-order valence-corrected chi connectivity index (χ3v) is 10.4. The molecular weight excluding hydrogens is 695 g/mol. The van der Waals surface area contributed by atoms with Crippen molar-refractivity contribution < 1.29 is 8.83 Å². The Bertz CT molecular complexity index is 3050. The van der Waals surface area contributed by atoms with Crippen LogP contribution < -0.4 is 4.90 Å². The first-order chi connectivity index (χ1) is 28.1. The number of fused-ring (bicyclic) bond motifs is 6. The van der Waals surface area contributed by atoms with Gasteiger partial charge in [-0.25, -0.2) is 0 Å². The molecule has 0 spiro atoms. The first-order valence-electron chi connectivity index (χ1n) is 19.0. The molecule has 7 aromatic carbocycles. The molecule has 57 heavy (non-hydrogen) atoms. The van der Waals surface area contributed by atoms with Gasteiger partial charge in [0.25, 0.3) is 0 Å². The van der Waals surface area contributed by atoms with Crippen LogP contribution in [0.5, 0.6) is 0 Å². The number of rotatable bonds is 11. The smallest absolute Gasteiger partial charge is 0.145 e. The first-order valence-corrected chi connectivity index (χ1v) is 19.0. The second-order valence-electron chi connectivity index (χ2n) is 13.9. The third kappa shape index (κ3) is 6.62. The molecule has 0 saturated heterocycles. The fraction of sp³-hybridized carbons (Fsp3) is 0. The van der Waals surface area contributed by atoms with Crippen LogP contribution in [0.4, 0.5) is 11.4 Å². The van der Waals surface area contributed by atoms with Gasteiger partial charge in [0.15, 0.2) is 0 Å². The van der Waals surface area contributed by atoms with E-state index >= 15 is 0 Å². The molecule has 272 valence electrons. The van der Waals surface area contributed by atoms with Gasteiger partial charge >= 0.3 is 0 Å². The quantitative estimate of drug-likeness (QED) is 0.124. The maximum atomic E-state index is 6.94. The van der Waals surface area contributed by atoms with Gasteiger partial charge in [0.2, 0.25) is 0 Å². The zero-order valence-corrected chi connectivity index (χ0v) is 31.4. The van der Waals surface area contributed by atoms with Crippen molar-refractivity contribution >= 4 is 55.3 Å². The fourth-order valence-corrected chi connectivity index (χ4v) is 7.68. The van der Waals surface area contributed by atoms with Gasteiger partial charge in [-0.05, 0) is 88.0 Å². The molecule has 0 aliphatic rings. The highest BCUT2D eigenvalue weighted by molar-refractivity contribution is 6.19. The largest absolute Gasteiger partial charge is 0.456 e. The number of benzene rings is 7. The maximum absolute atomic E-state index is 6.94. The van der Waals surface area contributed by atoms with Crippen molar-refractivity contribution in [3.8, 4) is 33.4 Å². The molecule has 0 aliphatic carbocycles. The Labute approximate surface area is 332 Å². The summed E-state index contributed by atoms with van der Waals surface area (Å²) < 4.78 is 13.6. The van der Waals surface area contributed by atoms with Crippen LogP contribution >= 0.6 is 0 Å². The van der Waals surface area contributed by atoms with Gasteiger partial charge in [-0.3, -0.25) is 0 Å². The fourth-order valence-electron chi connectivity index (χ4n) is 7.68. The minimum Gasteiger partial charge on any atom is -0.456 e. The summed E-state index contributed by atoms with van der Waals surface area (Å²) >= 11 is 0. The predicted octanol–water partition coefficient (Wildman–Crippen LogP) is 15.5. The summed E-state index contributed by atoms with van der Waals surface area (Å²) in [5, 5.41) is 4.03. The second kappa shape index (κ2) is 15.3. The van der Waals surface area contributed by atoms with Crippen LogP contribution in [0.25, 0.3) is 77.3 Å². The van der Waals surface area contributed by atoms with E-state index in [9.17, 15) is 0 Å². The van der Waals surface area contributed by atoms with Gasteiger partial charge < -0.3 is 13.7 Å². The number of furan rings is 2. The Morgan fingerprint density at radius 1 is 0.491 bits per heavy atom. The minimum atomic E-state index is 0.763. The summed E-state index contributed by atoms with van der Waals surface area (Å²) in [6.45, 7) is 12.5. The lowest BCUT2D eigenvalue weighted by Gasteiger charge is -2.27. The van der Waals surface area contributed by atoms with E-state index < -0.39 is 0 Å². The molecular formula is C54H39NO2. The Morgan fingerprint density at radius 3 is 1.70 bits per heavy atom. The van der Waals surface area contributed by atoms with E-state index in [-0.39, 0.29) is 0 Å². The van der Waals surface area contributed by atoms with Gasteiger partial charge in [0.05, 0.1) is 22.1 Å². The van der Waals surface area contributed by atoms with Crippen LogP contribution in [-0.4, -0.2) is 0 Å². The van der Waals surface area contributed by atoms with E-state index in [1.54, 1.807) is 12.2 Å². The van der Waals surface area contributed by atoms with Crippen LogP contribution in [0.1, 0.15) is 0 Å². The minimum absolute atomic E-state index is 0.763. The summed E-state index contributed by atoms with van der Waals surface area (Å²) in [4.78, 5) is 2.23. The predicted molar refractivity (Wildman–Crippen MR) is 242 cm³/mol. The highest BCUT2D eigenvalue weighted by Crippen LogP contribution is 2.48. The van der Waals surface area contributed by atoms with Gasteiger partial charge in [0.1, 0.15) is 22.3 Å². The Hall–Kier alpha value is -7.62. The van der Waals surface area contributed by atoms with E-state index in [0.717, 1.165) is 99.9 Å². The summed E-state index contributed by atoms with van der Waals surface area (Å²) in [6.07, 6.45) is 13.5. The first kappa shape index (κ1) is 35.1. The average molecular weight is 734 g/mol. The molecule has 0 unspecified atom stereocenters. The maximum Gasteiger partial charge on any atom is 0.145 e. The molecule has 0 amide bonds. The highest BCUT2D eigenvalue weighted by Gasteiger charge is 2.25. The van der Waals surface area contributed by atoms with Crippen molar-refractivity contribution in [1.82, 2.24) is 0 Å². The molecule has 3 nitrogen and oxygen atoms in total. The second-order valence-corrected chi connectivity index (χ2v) is 13.9. The van der Waals surface area contributed by atoms with Crippen LogP contribution in [0.2, 0.25) is 0 Å². The molecule has 0 fully saturated rings. The molecule has 3 heteroatoms. The number of hydrogen-bond acceptors (Lipinski definition) is 3. The number of hydrogen-bond donors (Lipinski definition) is 0. The molecule has 0 aliphatic heterocycles. The van der Waals surface area contributed by atoms with E-state index in [2.05, 4.69) is 145 Å². The zero-order chi connectivity index (χ0) is 38.7. The van der Waals surface area contributed by atoms with E-state index in [1.165, 1.54) is 0 Å². The van der Waals surface area contributed by atoms with Crippen molar-refractivity contribution in [3.63, 3.8) is 0 Å². The summed E-state index contributed by atoms with van der Waals surface area (Å²) in [7, 11) is 0. The lowest BCUT2D eigenvalue weighted by atomic mass is 9.98. The van der Waals surface area contributed by atoms with Gasteiger partial charge in [-0.15, -0.1) is 0 Å². The number of anilines is 2. The summed E-state index contributed by atoms with van der Waals surface area (Å²) in [5.41, 5.74) is 13.4. The normalized spacial score (nSPS) is 12.0. The standard InChI is InChI=1S/C54H39NO2/c1-4-18-38(5-2)20-16-15-19-37(3)55(47-27-17-28-49-52(47)45-31-29-42(35-50(45)56-49)39-21-9-6-10-22-39)48-34-33-44(41-25-13-8-14-26-41)54-53(48)46-32-30-43(36-51(46)57-54)40-23-11-7-12-24-40/h4-36H,1-3H2/b19-15-,20-16+,38-18+. The van der Waals surface area contributed by atoms with Crippen molar-refractivity contribution in [3.05, 3.63) is 231 Å². The van der Waals surface area contributed by atoms with Crippen molar-refractivity contribution in [2.75, 3.05) is 4.90 Å². The molecule has 0 radical (unpaired) electrons. The Balaban J connectivity index is 1.29. The number of nitrogens with zero attached hydrogens (tertiary/aromatic N) is 1. The lowest BCUT2D eigenvalue weighted by Crippen LogP contribution is -2.15. The van der Waals surface area contributed by atoms with E-state index in [1.807, 2.05) is 60.7 Å². The monoisotopic (exact) mass is 733 g/mol. The van der Waals surface area contributed by atoms with Crippen molar-refractivity contribution in [2.24, 2.45) is 0 Å². The van der Waals surface area contributed by atoms with Gasteiger partial charge in [-0.1, -0.05) is 165 Å². The molecule has 0 saturated carbocycles. The lowest BCUT2D eigenvalue weighted by molar-refractivity contribution is 0.669. The Kier molecular flexibility index (Phi) is 9.39. The third-order valence-electron chi connectivity index (χ3n) is 10.4. The molecule has 0 bridgehead atoms. The Morgan fingerprint density at radius 2 is 1.07 bits per heavy atom. The zero-order valence-electron chi connectivity index (χ0n) is 31.4. The van der Waals surface area contributed by atoms with Gasteiger partial charge in [-0.2, -0.15) is 0 Å². The molecule has 0 N–H and O–H groups in total. The molecule has 2 heterocycles. The van der Waals surface area contributed by atoms with Crippen molar-refractivity contribution in [1.29, 1.82) is 0 Å². The summed E-state index contributed by atoms with van der Waals surface area (Å²) in [5.74, 6) is 0. The number of allylic oxidation sites excluding steroid dienone is 8. The molecule has 9 aromatic rings. The van der Waals surface area contributed by atoms with Crippen LogP contribution in [0.15, 0.2) is 240 Å². The highest BCUT2D eigenvalue weighted by atomic mass is 16.3. The van der Waals surface area contributed by atoms with Crippen LogP contribution in [0.3, 0.4) is 0 Å². The van der Waals surface area contributed by atoms with Crippen molar-refractivity contribution in [2.45, 2.75) is 0 Å². The van der Waals surface area contributed by atoms with Crippen LogP contribution in [-0.2, 0) is 0 Å². The van der Waals surface area contributed by atoms with Crippen LogP contribution in [0, 0.1) is 0 Å². The van der Waals surface area contributed by atoms with Gasteiger partial charge in [0, 0.05) is 22.0 Å².